The van der Waals surface area contributed by atoms with E-state index < -0.39 is 0 Å². The molecule has 3 aliphatic carbocycles. The van der Waals surface area contributed by atoms with Gasteiger partial charge in [-0.05, 0) is 43.2 Å². The Morgan fingerprint density at radius 1 is 1.05 bits per heavy atom. The Labute approximate surface area is 126 Å². The molecule has 1 aromatic carbocycles. The van der Waals surface area contributed by atoms with Crippen LogP contribution in [0.4, 0.5) is 0 Å². The lowest BCUT2D eigenvalue weighted by atomic mass is 9.59. The second-order valence-corrected chi connectivity index (χ2v) is 6.73. The smallest absolute Gasteiger partial charge is 0.167 e. The van der Waals surface area contributed by atoms with Crippen LogP contribution in [0.2, 0.25) is 0 Å². The van der Waals surface area contributed by atoms with Gasteiger partial charge >= 0.3 is 0 Å². The summed E-state index contributed by atoms with van der Waals surface area (Å²) < 4.78 is 11.7. The van der Waals surface area contributed by atoms with Crippen LogP contribution in [0.25, 0.3) is 0 Å². The maximum absolute atomic E-state index is 10.6. The van der Waals surface area contributed by atoms with Crippen LogP contribution in [0.5, 0.6) is 11.5 Å². The lowest BCUT2D eigenvalue weighted by Crippen LogP contribution is -2.46. The van der Waals surface area contributed by atoms with Crippen molar-refractivity contribution in [1.29, 1.82) is 0 Å². The van der Waals surface area contributed by atoms with Gasteiger partial charge in [-0.1, -0.05) is 19.3 Å². The van der Waals surface area contributed by atoms with Gasteiger partial charge in [-0.25, -0.2) is 0 Å². The van der Waals surface area contributed by atoms with Crippen molar-refractivity contribution in [1.82, 2.24) is 0 Å². The maximum atomic E-state index is 10.6. The third-order valence-electron chi connectivity index (χ3n) is 5.98. The van der Waals surface area contributed by atoms with Gasteiger partial charge in [-0.2, -0.15) is 0 Å². The largest absolute Gasteiger partial charge is 0.504 e. The number of fused-ring (bicyclic) bond motifs is 6. The molecule has 3 aliphatic rings. The van der Waals surface area contributed by atoms with Gasteiger partial charge in [0.2, 0.25) is 0 Å². The number of hydrogen-bond acceptors (Lipinski definition) is 3. The predicted molar refractivity (Wildman–Crippen MR) is 81.2 cm³/mol. The molecule has 1 saturated carbocycles. The summed E-state index contributed by atoms with van der Waals surface area (Å²) in [5.74, 6) is 1.56. The molecule has 1 aromatic rings. The van der Waals surface area contributed by atoms with E-state index >= 15 is 0 Å². The first-order valence-corrected chi connectivity index (χ1v) is 8.24. The van der Waals surface area contributed by atoms with Crippen LogP contribution in [0.1, 0.15) is 66.7 Å². The quantitative estimate of drug-likeness (QED) is 0.899. The molecular weight excluding hydrogens is 264 g/mol. The molecule has 21 heavy (non-hydrogen) atoms. The fourth-order valence-electron chi connectivity index (χ4n) is 5.10. The van der Waals surface area contributed by atoms with E-state index in [1.165, 1.54) is 36.8 Å². The van der Waals surface area contributed by atoms with Crippen LogP contribution in [0.15, 0.2) is 0 Å². The summed E-state index contributed by atoms with van der Waals surface area (Å²) in [6.07, 6.45) is 9.26. The van der Waals surface area contributed by atoms with Crippen molar-refractivity contribution in [2.24, 2.45) is 0 Å². The Hall–Kier alpha value is -1.22. The fraction of sp³-hybridized carbons (Fsp3) is 0.667. The van der Waals surface area contributed by atoms with Crippen molar-refractivity contribution in [3.63, 3.8) is 0 Å². The summed E-state index contributed by atoms with van der Waals surface area (Å²) in [6, 6.07) is 0. The molecule has 0 bridgehead atoms. The molecule has 0 aliphatic heterocycles. The first-order valence-electron chi connectivity index (χ1n) is 8.24. The topological polar surface area (TPSA) is 38.7 Å². The highest BCUT2D eigenvalue weighted by Crippen LogP contribution is 2.65. The standard InChI is InChI=1S/C18H24O3/c1-20-17-15-14(11-7-6-8-12(11)16(17)19)13-9-4-3-5-10-18(13,15)21-2/h13,19H,3-10H2,1-2H3. The molecular formula is C18H24O3. The third-order valence-corrected chi connectivity index (χ3v) is 5.98. The van der Waals surface area contributed by atoms with E-state index in [0.717, 1.165) is 36.8 Å². The zero-order valence-electron chi connectivity index (χ0n) is 13.0. The van der Waals surface area contributed by atoms with Crippen molar-refractivity contribution in [2.45, 2.75) is 62.9 Å². The molecule has 0 amide bonds. The van der Waals surface area contributed by atoms with E-state index in [9.17, 15) is 5.11 Å². The Morgan fingerprint density at radius 2 is 1.86 bits per heavy atom. The number of benzene rings is 1. The van der Waals surface area contributed by atoms with E-state index in [-0.39, 0.29) is 5.60 Å². The van der Waals surface area contributed by atoms with E-state index in [0.29, 0.717) is 17.4 Å². The molecule has 3 nitrogen and oxygen atoms in total. The number of phenols is 1. The molecule has 4 rings (SSSR count). The van der Waals surface area contributed by atoms with Crippen molar-refractivity contribution in [3.8, 4) is 11.5 Å². The molecule has 1 fully saturated rings. The SMILES string of the molecule is COc1c(O)c2c(c3c1C1(OC)CCCCCC31)CCC2. The summed E-state index contributed by atoms with van der Waals surface area (Å²) in [6.45, 7) is 0. The molecule has 2 atom stereocenters. The molecule has 114 valence electrons. The number of phenolic OH excluding ortho intramolecular Hbond substituents is 1. The van der Waals surface area contributed by atoms with Gasteiger partial charge in [-0.15, -0.1) is 0 Å². The fourth-order valence-corrected chi connectivity index (χ4v) is 5.10. The second kappa shape index (κ2) is 4.64. The van der Waals surface area contributed by atoms with Gasteiger partial charge in [0, 0.05) is 24.2 Å². The molecule has 0 spiro atoms. The minimum atomic E-state index is -0.216. The Balaban J connectivity index is 1.98. The summed E-state index contributed by atoms with van der Waals surface area (Å²) in [5.41, 5.74) is 4.95. The Bertz CT molecular complexity index is 593. The Morgan fingerprint density at radius 3 is 2.62 bits per heavy atom. The van der Waals surface area contributed by atoms with Gasteiger partial charge < -0.3 is 14.6 Å². The number of methoxy groups -OCH3 is 2. The zero-order valence-corrected chi connectivity index (χ0v) is 13.0. The number of hydrogen-bond donors (Lipinski definition) is 1. The van der Waals surface area contributed by atoms with Crippen LogP contribution in [0.3, 0.4) is 0 Å². The summed E-state index contributed by atoms with van der Waals surface area (Å²) >= 11 is 0. The van der Waals surface area contributed by atoms with Crippen molar-refractivity contribution < 1.29 is 14.6 Å². The molecule has 0 radical (unpaired) electrons. The average Bonchev–Trinajstić information content (AvgIpc) is 2.89. The van der Waals surface area contributed by atoms with Crippen molar-refractivity contribution in [2.75, 3.05) is 14.2 Å². The lowest BCUT2D eigenvalue weighted by Gasteiger charge is -2.51. The maximum Gasteiger partial charge on any atom is 0.167 e. The van der Waals surface area contributed by atoms with Crippen LogP contribution in [0, 0.1) is 0 Å². The zero-order chi connectivity index (χ0) is 14.6. The summed E-state index contributed by atoms with van der Waals surface area (Å²) in [4.78, 5) is 0. The van der Waals surface area contributed by atoms with Gasteiger partial charge in [-0.3, -0.25) is 0 Å². The van der Waals surface area contributed by atoms with Gasteiger partial charge in [0.25, 0.3) is 0 Å². The average molecular weight is 288 g/mol. The van der Waals surface area contributed by atoms with Gasteiger partial charge in [0.1, 0.15) is 5.60 Å². The van der Waals surface area contributed by atoms with Crippen molar-refractivity contribution >= 4 is 0 Å². The molecule has 3 heteroatoms. The third kappa shape index (κ3) is 1.53. The predicted octanol–water partition coefficient (Wildman–Crippen LogP) is 3.79. The number of aromatic hydroxyl groups is 1. The van der Waals surface area contributed by atoms with Crippen LogP contribution >= 0.6 is 0 Å². The number of rotatable bonds is 2. The first-order chi connectivity index (χ1) is 10.2. The summed E-state index contributed by atoms with van der Waals surface area (Å²) in [5, 5.41) is 10.6. The van der Waals surface area contributed by atoms with Gasteiger partial charge in [0.15, 0.2) is 11.5 Å². The van der Waals surface area contributed by atoms with E-state index in [1.807, 2.05) is 7.11 Å². The first kappa shape index (κ1) is 13.4. The molecule has 0 aromatic heterocycles. The molecule has 0 heterocycles. The normalized spacial score (nSPS) is 29.9. The van der Waals surface area contributed by atoms with E-state index in [2.05, 4.69) is 0 Å². The van der Waals surface area contributed by atoms with Crippen LogP contribution in [-0.2, 0) is 23.2 Å². The highest BCUT2D eigenvalue weighted by atomic mass is 16.5. The minimum absolute atomic E-state index is 0.216. The lowest BCUT2D eigenvalue weighted by molar-refractivity contribution is -0.0702. The number of ether oxygens (including phenoxy) is 2. The molecule has 1 N–H and O–H groups in total. The van der Waals surface area contributed by atoms with E-state index in [1.54, 1.807) is 7.11 Å². The Kier molecular flexibility index (Phi) is 2.97. The monoisotopic (exact) mass is 288 g/mol. The second-order valence-electron chi connectivity index (χ2n) is 6.73. The van der Waals surface area contributed by atoms with Crippen molar-refractivity contribution in [3.05, 3.63) is 22.3 Å². The minimum Gasteiger partial charge on any atom is -0.504 e. The highest BCUT2D eigenvalue weighted by Gasteiger charge is 2.56. The summed E-state index contributed by atoms with van der Waals surface area (Å²) in [7, 11) is 3.50. The van der Waals surface area contributed by atoms with E-state index in [4.69, 9.17) is 9.47 Å². The van der Waals surface area contributed by atoms with Crippen LogP contribution < -0.4 is 4.74 Å². The van der Waals surface area contributed by atoms with Gasteiger partial charge in [0.05, 0.1) is 7.11 Å². The van der Waals surface area contributed by atoms with Crippen LogP contribution in [-0.4, -0.2) is 19.3 Å². The molecule has 2 unspecified atom stereocenters. The molecule has 0 saturated heterocycles. The highest BCUT2D eigenvalue weighted by molar-refractivity contribution is 5.69.